The normalized spacial score (nSPS) is 21.1. The summed E-state index contributed by atoms with van der Waals surface area (Å²) in [6.45, 7) is 4.99. The molecule has 1 aromatic heterocycles. The number of halogens is 1. The van der Waals surface area contributed by atoms with Gasteiger partial charge in [0.15, 0.2) is 0 Å². The Kier molecular flexibility index (Phi) is 5.73. The molecule has 0 N–H and O–H groups in total. The van der Waals surface area contributed by atoms with Crippen molar-refractivity contribution in [2.75, 3.05) is 39.4 Å². The van der Waals surface area contributed by atoms with E-state index in [0.29, 0.717) is 44.1 Å². The van der Waals surface area contributed by atoms with Crippen LogP contribution in [0.4, 0.5) is 4.39 Å². The highest BCUT2D eigenvalue weighted by Crippen LogP contribution is 2.27. The van der Waals surface area contributed by atoms with E-state index in [1.165, 1.54) is 6.07 Å². The SMILES string of the molecule is Cn1cc(CN2CCCC(C(=O)N3CCOCC3)C2)c(-c2ccccc2F)n1. The van der Waals surface area contributed by atoms with E-state index >= 15 is 0 Å². The topological polar surface area (TPSA) is 50.6 Å². The second-order valence-electron chi connectivity index (χ2n) is 7.67. The summed E-state index contributed by atoms with van der Waals surface area (Å²) in [5.41, 5.74) is 2.20. The Hall–Kier alpha value is -2.25. The van der Waals surface area contributed by atoms with Crippen LogP contribution in [0.2, 0.25) is 0 Å². The second-order valence-corrected chi connectivity index (χ2v) is 7.67. The lowest BCUT2D eigenvalue weighted by molar-refractivity contribution is -0.141. The maximum Gasteiger partial charge on any atom is 0.227 e. The van der Waals surface area contributed by atoms with E-state index in [-0.39, 0.29) is 17.6 Å². The zero-order valence-electron chi connectivity index (χ0n) is 16.3. The molecule has 4 rings (SSSR count). The van der Waals surface area contributed by atoms with Crippen LogP contribution in [0, 0.1) is 11.7 Å². The molecule has 150 valence electrons. The third-order valence-electron chi connectivity index (χ3n) is 5.61. The largest absolute Gasteiger partial charge is 0.378 e. The fraction of sp³-hybridized carbons (Fsp3) is 0.524. The van der Waals surface area contributed by atoms with Crippen LogP contribution in [0.3, 0.4) is 0 Å². The molecule has 0 spiro atoms. The molecule has 0 bridgehead atoms. The van der Waals surface area contributed by atoms with Crippen molar-refractivity contribution in [3.63, 3.8) is 0 Å². The molecule has 1 unspecified atom stereocenters. The van der Waals surface area contributed by atoms with Gasteiger partial charge < -0.3 is 9.64 Å². The van der Waals surface area contributed by atoms with Gasteiger partial charge in [-0.25, -0.2) is 4.39 Å². The Bertz CT molecular complexity index is 832. The molecule has 1 amide bonds. The van der Waals surface area contributed by atoms with Crippen LogP contribution in [-0.2, 0) is 23.1 Å². The van der Waals surface area contributed by atoms with Crippen molar-refractivity contribution in [1.29, 1.82) is 0 Å². The monoisotopic (exact) mass is 386 g/mol. The van der Waals surface area contributed by atoms with Gasteiger partial charge in [-0.15, -0.1) is 0 Å². The highest BCUT2D eigenvalue weighted by Gasteiger charge is 2.30. The van der Waals surface area contributed by atoms with Gasteiger partial charge in [0, 0.05) is 50.6 Å². The molecule has 2 aromatic rings. The molecular formula is C21H27FN4O2. The summed E-state index contributed by atoms with van der Waals surface area (Å²) >= 11 is 0. The average Bonchev–Trinajstić information content (AvgIpc) is 3.08. The number of likely N-dealkylation sites (tertiary alicyclic amines) is 1. The molecule has 3 heterocycles. The van der Waals surface area contributed by atoms with Crippen LogP contribution < -0.4 is 0 Å². The molecule has 7 heteroatoms. The van der Waals surface area contributed by atoms with Crippen molar-refractivity contribution in [2.45, 2.75) is 19.4 Å². The lowest BCUT2D eigenvalue weighted by Crippen LogP contribution is -2.48. The molecule has 1 atom stereocenters. The van der Waals surface area contributed by atoms with Crippen molar-refractivity contribution in [3.05, 3.63) is 41.8 Å². The van der Waals surface area contributed by atoms with E-state index in [0.717, 1.165) is 31.5 Å². The first-order chi connectivity index (χ1) is 13.6. The van der Waals surface area contributed by atoms with Crippen molar-refractivity contribution < 1.29 is 13.9 Å². The molecule has 2 aliphatic heterocycles. The lowest BCUT2D eigenvalue weighted by atomic mass is 9.95. The quantitative estimate of drug-likeness (QED) is 0.809. The average molecular weight is 386 g/mol. The number of morpholine rings is 1. The Morgan fingerprint density at radius 1 is 1.25 bits per heavy atom. The first kappa shape index (κ1) is 19.1. The Morgan fingerprint density at radius 2 is 2.04 bits per heavy atom. The molecule has 2 saturated heterocycles. The van der Waals surface area contributed by atoms with Gasteiger partial charge in [0.1, 0.15) is 5.82 Å². The molecule has 2 fully saturated rings. The van der Waals surface area contributed by atoms with Crippen LogP contribution in [-0.4, -0.2) is 64.9 Å². The van der Waals surface area contributed by atoms with Crippen LogP contribution in [0.5, 0.6) is 0 Å². The highest BCUT2D eigenvalue weighted by atomic mass is 19.1. The summed E-state index contributed by atoms with van der Waals surface area (Å²) in [6, 6.07) is 6.75. The number of ether oxygens (including phenoxy) is 1. The Balaban J connectivity index is 1.47. The van der Waals surface area contributed by atoms with Crippen LogP contribution in [0.15, 0.2) is 30.5 Å². The van der Waals surface area contributed by atoms with Gasteiger partial charge in [-0.2, -0.15) is 5.10 Å². The predicted octanol–water partition coefficient (Wildman–Crippen LogP) is 2.30. The summed E-state index contributed by atoms with van der Waals surface area (Å²) in [7, 11) is 1.86. The fourth-order valence-corrected chi connectivity index (χ4v) is 4.22. The van der Waals surface area contributed by atoms with Gasteiger partial charge in [-0.1, -0.05) is 12.1 Å². The van der Waals surface area contributed by atoms with E-state index in [1.54, 1.807) is 16.8 Å². The maximum atomic E-state index is 14.3. The van der Waals surface area contributed by atoms with E-state index in [4.69, 9.17) is 4.74 Å². The zero-order valence-corrected chi connectivity index (χ0v) is 16.3. The summed E-state index contributed by atoms with van der Waals surface area (Å²) < 4.78 is 21.4. The first-order valence-electron chi connectivity index (χ1n) is 9.98. The van der Waals surface area contributed by atoms with E-state index in [1.807, 2.05) is 24.2 Å². The van der Waals surface area contributed by atoms with Gasteiger partial charge in [-0.3, -0.25) is 14.4 Å². The van der Waals surface area contributed by atoms with Crippen molar-refractivity contribution in [3.8, 4) is 11.3 Å². The lowest BCUT2D eigenvalue weighted by Gasteiger charge is -2.36. The molecule has 28 heavy (non-hydrogen) atoms. The van der Waals surface area contributed by atoms with Gasteiger partial charge in [0.25, 0.3) is 0 Å². The predicted molar refractivity (Wildman–Crippen MR) is 104 cm³/mol. The summed E-state index contributed by atoms with van der Waals surface area (Å²) in [6.07, 6.45) is 3.88. The van der Waals surface area contributed by atoms with Gasteiger partial charge in [0.05, 0.1) is 24.8 Å². The van der Waals surface area contributed by atoms with Gasteiger partial charge >= 0.3 is 0 Å². The number of piperidine rings is 1. The number of aromatic nitrogens is 2. The number of carbonyl (C=O) groups excluding carboxylic acids is 1. The smallest absolute Gasteiger partial charge is 0.227 e. The number of nitrogens with zero attached hydrogens (tertiary/aromatic N) is 4. The molecule has 0 radical (unpaired) electrons. The maximum absolute atomic E-state index is 14.3. The Morgan fingerprint density at radius 3 is 2.82 bits per heavy atom. The number of amides is 1. The molecular weight excluding hydrogens is 359 g/mol. The van der Waals surface area contributed by atoms with Crippen molar-refractivity contribution in [1.82, 2.24) is 19.6 Å². The van der Waals surface area contributed by atoms with Crippen LogP contribution >= 0.6 is 0 Å². The van der Waals surface area contributed by atoms with Crippen molar-refractivity contribution >= 4 is 5.91 Å². The second kappa shape index (κ2) is 8.41. The first-order valence-corrected chi connectivity index (χ1v) is 9.98. The van der Waals surface area contributed by atoms with Crippen LogP contribution in [0.1, 0.15) is 18.4 Å². The minimum Gasteiger partial charge on any atom is -0.378 e. The van der Waals surface area contributed by atoms with E-state index in [2.05, 4.69) is 10.00 Å². The number of rotatable bonds is 4. The van der Waals surface area contributed by atoms with E-state index in [9.17, 15) is 9.18 Å². The molecule has 0 aliphatic carbocycles. The molecule has 1 aromatic carbocycles. The number of carbonyl (C=O) groups is 1. The molecule has 2 aliphatic rings. The minimum absolute atomic E-state index is 0.0282. The molecule has 0 saturated carbocycles. The Labute approximate surface area is 164 Å². The number of benzene rings is 1. The third kappa shape index (κ3) is 4.10. The van der Waals surface area contributed by atoms with E-state index < -0.39 is 0 Å². The summed E-state index contributed by atoms with van der Waals surface area (Å²) in [4.78, 5) is 17.1. The number of aryl methyl sites for hydroxylation is 1. The third-order valence-corrected chi connectivity index (χ3v) is 5.61. The van der Waals surface area contributed by atoms with Crippen molar-refractivity contribution in [2.24, 2.45) is 13.0 Å². The number of hydrogen-bond acceptors (Lipinski definition) is 4. The van der Waals surface area contributed by atoms with Gasteiger partial charge in [0.2, 0.25) is 5.91 Å². The zero-order chi connectivity index (χ0) is 19.5. The standard InChI is InChI=1S/C21H27FN4O2/c1-24-13-17(20(23-24)18-6-2-3-7-19(18)22)15-25-8-4-5-16(14-25)21(27)26-9-11-28-12-10-26/h2-3,6-7,13,16H,4-5,8-12,14-15H2,1H3. The molecule has 6 nitrogen and oxygen atoms in total. The van der Waals surface area contributed by atoms with Gasteiger partial charge in [-0.05, 0) is 31.5 Å². The minimum atomic E-state index is -0.263. The van der Waals surface area contributed by atoms with Crippen LogP contribution in [0.25, 0.3) is 11.3 Å². The number of hydrogen-bond donors (Lipinski definition) is 0. The summed E-state index contributed by atoms with van der Waals surface area (Å²) in [5.74, 6) is 0.00964. The summed E-state index contributed by atoms with van der Waals surface area (Å²) in [5, 5.41) is 4.50. The highest BCUT2D eigenvalue weighted by molar-refractivity contribution is 5.79. The fourth-order valence-electron chi connectivity index (χ4n) is 4.22.